The Morgan fingerprint density at radius 1 is 1.26 bits per heavy atom. The number of hydrogen-bond acceptors (Lipinski definition) is 5. The number of aromatic nitrogens is 5. The molecule has 0 spiro atoms. The minimum Gasteiger partial charge on any atom is -0.464 e. The monoisotopic (exact) mass is 378 g/mol. The summed E-state index contributed by atoms with van der Waals surface area (Å²) >= 11 is 3.22. The number of nitrogens with zero attached hydrogens (tertiary/aromatic N) is 6. The number of fused-ring (bicyclic) bond motifs is 1. The number of halogens is 1. The molecular weight excluding hydrogens is 368 g/mol. The van der Waals surface area contributed by atoms with Gasteiger partial charge in [0.25, 0.3) is 0 Å². The summed E-state index contributed by atoms with van der Waals surface area (Å²) in [5, 5.41) is 13.3. The van der Waals surface area contributed by atoms with Gasteiger partial charge in [0.1, 0.15) is 10.1 Å². The molecule has 0 aliphatic rings. The third kappa shape index (κ3) is 2.57. The van der Waals surface area contributed by atoms with E-state index in [1.54, 1.807) is 14.1 Å². The van der Waals surface area contributed by atoms with Crippen LogP contribution < -0.4 is 0 Å². The van der Waals surface area contributed by atoms with Crippen LogP contribution >= 0.6 is 15.9 Å². The molecule has 0 saturated heterocycles. The summed E-state index contributed by atoms with van der Waals surface area (Å²) in [6, 6.07) is -0.314. The lowest BCUT2D eigenvalue weighted by molar-refractivity contribution is 0.197. The summed E-state index contributed by atoms with van der Waals surface area (Å²) in [6.07, 6.45) is 4.65. The average Bonchev–Trinajstić information content (AvgIpc) is 3.09. The maximum Gasteiger partial charge on any atom is 0.417 e. The standard InChI is InChI=1S/C13H11BrN6O3/c1-18(2)12(21)20-5-7(3-16-20)8-6-19(13(22)23)11-10(8)17-9(14)4-15-11/h3-6H,1-2H3,(H,22,23). The predicted molar refractivity (Wildman–Crippen MR) is 84.4 cm³/mol. The van der Waals surface area contributed by atoms with Gasteiger partial charge in [0.15, 0.2) is 5.65 Å². The van der Waals surface area contributed by atoms with Gasteiger partial charge in [-0.3, -0.25) is 0 Å². The maximum absolute atomic E-state index is 11.9. The highest BCUT2D eigenvalue weighted by Gasteiger charge is 2.19. The minimum atomic E-state index is -1.17. The first kappa shape index (κ1) is 15.2. The minimum absolute atomic E-state index is 0.211. The molecule has 0 aliphatic carbocycles. The van der Waals surface area contributed by atoms with Crippen LogP contribution in [0.3, 0.4) is 0 Å². The SMILES string of the molecule is CN(C)C(=O)n1cc(-c2cn(C(=O)O)c3ncc(Br)nc23)cn1. The molecule has 3 aromatic heterocycles. The lowest BCUT2D eigenvalue weighted by atomic mass is 10.2. The van der Waals surface area contributed by atoms with E-state index in [4.69, 9.17) is 0 Å². The first-order valence-corrected chi connectivity index (χ1v) is 7.21. The van der Waals surface area contributed by atoms with Crippen molar-refractivity contribution in [3.8, 4) is 11.1 Å². The Morgan fingerprint density at radius 3 is 2.65 bits per heavy atom. The van der Waals surface area contributed by atoms with Gasteiger partial charge in [-0.15, -0.1) is 0 Å². The van der Waals surface area contributed by atoms with Crippen molar-refractivity contribution >= 4 is 39.2 Å². The zero-order chi connectivity index (χ0) is 16.7. The molecule has 3 heterocycles. The highest BCUT2D eigenvalue weighted by atomic mass is 79.9. The molecule has 10 heteroatoms. The largest absolute Gasteiger partial charge is 0.464 e. The van der Waals surface area contributed by atoms with Crippen molar-refractivity contribution in [2.45, 2.75) is 0 Å². The van der Waals surface area contributed by atoms with E-state index in [0.29, 0.717) is 21.2 Å². The fraction of sp³-hybridized carbons (Fsp3) is 0.154. The fourth-order valence-electron chi connectivity index (χ4n) is 2.10. The van der Waals surface area contributed by atoms with Crippen LogP contribution in [0.2, 0.25) is 0 Å². The molecule has 0 aliphatic heterocycles. The van der Waals surface area contributed by atoms with Gasteiger partial charge in [-0.25, -0.2) is 24.1 Å². The highest BCUT2D eigenvalue weighted by molar-refractivity contribution is 9.10. The lowest BCUT2D eigenvalue weighted by Gasteiger charge is -2.08. The van der Waals surface area contributed by atoms with Gasteiger partial charge in [0.05, 0.1) is 12.4 Å². The van der Waals surface area contributed by atoms with Gasteiger partial charge >= 0.3 is 12.1 Å². The molecule has 0 saturated carbocycles. The van der Waals surface area contributed by atoms with Crippen molar-refractivity contribution < 1.29 is 14.7 Å². The first-order valence-electron chi connectivity index (χ1n) is 6.42. The molecule has 118 valence electrons. The molecule has 23 heavy (non-hydrogen) atoms. The highest BCUT2D eigenvalue weighted by Crippen LogP contribution is 2.29. The number of carbonyl (C=O) groups excluding carboxylic acids is 1. The summed E-state index contributed by atoms with van der Waals surface area (Å²) in [6.45, 7) is 0. The molecule has 1 amide bonds. The van der Waals surface area contributed by atoms with Gasteiger partial charge in [0, 0.05) is 37.6 Å². The molecule has 0 aromatic carbocycles. The zero-order valence-electron chi connectivity index (χ0n) is 12.1. The van der Waals surface area contributed by atoms with Crippen molar-refractivity contribution in [2.75, 3.05) is 14.1 Å². The second-order valence-electron chi connectivity index (χ2n) is 4.91. The molecule has 3 aromatic rings. The van der Waals surface area contributed by atoms with E-state index in [9.17, 15) is 14.7 Å². The van der Waals surface area contributed by atoms with E-state index < -0.39 is 6.09 Å². The summed E-state index contributed by atoms with van der Waals surface area (Å²) in [5.74, 6) is 0. The second kappa shape index (κ2) is 5.47. The van der Waals surface area contributed by atoms with Gasteiger partial charge in [-0.1, -0.05) is 0 Å². The Kier molecular flexibility index (Phi) is 3.60. The van der Waals surface area contributed by atoms with E-state index in [-0.39, 0.29) is 11.7 Å². The average molecular weight is 379 g/mol. The Morgan fingerprint density at radius 2 is 2.00 bits per heavy atom. The van der Waals surface area contributed by atoms with Gasteiger partial charge in [-0.05, 0) is 15.9 Å². The van der Waals surface area contributed by atoms with Crippen molar-refractivity contribution in [1.29, 1.82) is 0 Å². The molecule has 3 rings (SSSR count). The Balaban J connectivity index is 2.18. The van der Waals surface area contributed by atoms with Crippen molar-refractivity contribution in [3.63, 3.8) is 0 Å². The predicted octanol–water partition coefficient (Wildman–Crippen LogP) is 2.11. The summed E-state index contributed by atoms with van der Waals surface area (Å²) in [4.78, 5) is 33.0. The molecule has 0 radical (unpaired) electrons. The molecule has 9 nitrogen and oxygen atoms in total. The molecule has 0 unspecified atom stereocenters. The Hall–Kier alpha value is -2.75. The normalized spacial score (nSPS) is 10.9. The van der Waals surface area contributed by atoms with E-state index in [1.165, 1.54) is 34.4 Å². The molecule has 1 N–H and O–H groups in total. The van der Waals surface area contributed by atoms with E-state index >= 15 is 0 Å². The molecular formula is C13H11BrN6O3. The number of rotatable bonds is 1. The quantitative estimate of drug-likeness (QED) is 0.694. The number of carboxylic acid groups (broad SMARTS) is 1. The van der Waals surface area contributed by atoms with Gasteiger partial charge in [0.2, 0.25) is 0 Å². The third-order valence-corrected chi connectivity index (χ3v) is 3.53. The van der Waals surface area contributed by atoms with Crippen LogP contribution in [0.25, 0.3) is 22.3 Å². The molecule has 0 atom stereocenters. The fourth-order valence-corrected chi connectivity index (χ4v) is 2.38. The number of amides is 1. The van der Waals surface area contributed by atoms with E-state index in [1.807, 2.05) is 0 Å². The van der Waals surface area contributed by atoms with E-state index in [2.05, 4.69) is 31.0 Å². The van der Waals surface area contributed by atoms with Crippen LogP contribution in [0.1, 0.15) is 0 Å². The van der Waals surface area contributed by atoms with Gasteiger partial charge in [-0.2, -0.15) is 9.78 Å². The Labute approximate surface area is 138 Å². The third-order valence-electron chi connectivity index (χ3n) is 3.14. The van der Waals surface area contributed by atoms with Crippen LogP contribution in [0.5, 0.6) is 0 Å². The van der Waals surface area contributed by atoms with Crippen molar-refractivity contribution in [3.05, 3.63) is 29.4 Å². The molecule has 0 fully saturated rings. The summed E-state index contributed by atoms with van der Waals surface area (Å²) in [7, 11) is 3.23. The summed E-state index contributed by atoms with van der Waals surface area (Å²) < 4.78 is 2.63. The maximum atomic E-state index is 11.9. The number of carbonyl (C=O) groups is 2. The van der Waals surface area contributed by atoms with Crippen LogP contribution in [-0.4, -0.2) is 60.5 Å². The Bertz CT molecular complexity index is 929. The molecule has 0 bridgehead atoms. The lowest BCUT2D eigenvalue weighted by Crippen LogP contribution is -2.27. The van der Waals surface area contributed by atoms with Crippen LogP contribution in [0.15, 0.2) is 29.4 Å². The van der Waals surface area contributed by atoms with Crippen LogP contribution in [-0.2, 0) is 0 Å². The zero-order valence-corrected chi connectivity index (χ0v) is 13.7. The van der Waals surface area contributed by atoms with Crippen LogP contribution in [0, 0.1) is 0 Å². The first-order chi connectivity index (χ1) is 10.9. The van der Waals surface area contributed by atoms with Crippen molar-refractivity contribution in [1.82, 2.24) is 29.2 Å². The topological polar surface area (TPSA) is 106 Å². The van der Waals surface area contributed by atoms with E-state index in [0.717, 1.165) is 4.57 Å². The van der Waals surface area contributed by atoms with Crippen molar-refractivity contribution in [2.24, 2.45) is 0 Å². The number of hydrogen-bond donors (Lipinski definition) is 1. The smallest absolute Gasteiger partial charge is 0.417 e. The second-order valence-corrected chi connectivity index (χ2v) is 5.72. The van der Waals surface area contributed by atoms with Crippen LogP contribution in [0.4, 0.5) is 9.59 Å². The van der Waals surface area contributed by atoms with Gasteiger partial charge < -0.3 is 10.0 Å². The summed E-state index contributed by atoms with van der Waals surface area (Å²) in [5.41, 5.74) is 1.70.